The first-order chi connectivity index (χ1) is 8.06. The van der Waals surface area contributed by atoms with Gasteiger partial charge in [-0.25, -0.2) is 0 Å². The zero-order valence-corrected chi connectivity index (χ0v) is 11.9. The van der Waals surface area contributed by atoms with Crippen molar-refractivity contribution in [2.75, 3.05) is 5.32 Å². The standard InChI is InChI=1S/C11H8BrCl2N3/c1-6-2-3-7(12)8(4-6)15-9-5-10(13)16-17-11(9)14/h2-5H,1H3,(H,15,16). The number of benzene rings is 1. The Hall–Kier alpha value is -0.840. The van der Waals surface area contributed by atoms with Crippen LogP contribution in [0.2, 0.25) is 10.3 Å². The summed E-state index contributed by atoms with van der Waals surface area (Å²) in [5.41, 5.74) is 2.66. The highest BCUT2D eigenvalue weighted by atomic mass is 79.9. The fraction of sp³-hybridized carbons (Fsp3) is 0.0909. The van der Waals surface area contributed by atoms with Gasteiger partial charge in [-0.1, -0.05) is 29.3 Å². The molecule has 0 spiro atoms. The molecule has 1 aromatic heterocycles. The molecule has 0 unspecified atom stereocenters. The summed E-state index contributed by atoms with van der Waals surface area (Å²) in [5, 5.41) is 11.1. The number of rotatable bonds is 2. The van der Waals surface area contributed by atoms with E-state index in [1.807, 2.05) is 25.1 Å². The van der Waals surface area contributed by atoms with Crippen LogP contribution in [0.3, 0.4) is 0 Å². The lowest BCUT2D eigenvalue weighted by atomic mass is 10.2. The summed E-state index contributed by atoms with van der Waals surface area (Å²) in [6, 6.07) is 7.59. The van der Waals surface area contributed by atoms with E-state index in [9.17, 15) is 0 Å². The molecule has 0 saturated heterocycles. The lowest BCUT2D eigenvalue weighted by molar-refractivity contribution is 1.03. The van der Waals surface area contributed by atoms with Crippen LogP contribution in [0.5, 0.6) is 0 Å². The predicted molar refractivity (Wildman–Crippen MR) is 74.2 cm³/mol. The minimum Gasteiger partial charge on any atom is -0.352 e. The summed E-state index contributed by atoms with van der Waals surface area (Å²) in [4.78, 5) is 0. The molecular formula is C11H8BrCl2N3. The van der Waals surface area contributed by atoms with Crippen molar-refractivity contribution in [1.82, 2.24) is 10.2 Å². The lowest BCUT2D eigenvalue weighted by Crippen LogP contribution is -1.96. The number of nitrogens with one attached hydrogen (secondary N) is 1. The summed E-state index contributed by atoms with van der Waals surface area (Å²) in [7, 11) is 0. The Balaban J connectivity index is 2.37. The van der Waals surface area contributed by atoms with Crippen molar-refractivity contribution in [3.8, 4) is 0 Å². The maximum absolute atomic E-state index is 5.93. The van der Waals surface area contributed by atoms with Gasteiger partial charge in [0, 0.05) is 10.5 Å². The Bertz CT molecular complexity index is 511. The fourth-order valence-corrected chi connectivity index (χ4v) is 1.95. The first-order valence-electron chi connectivity index (χ1n) is 4.78. The van der Waals surface area contributed by atoms with E-state index in [0.29, 0.717) is 10.8 Å². The molecule has 2 rings (SSSR count). The van der Waals surface area contributed by atoms with Gasteiger partial charge >= 0.3 is 0 Å². The summed E-state index contributed by atoms with van der Waals surface area (Å²) in [6.07, 6.45) is 0. The largest absolute Gasteiger partial charge is 0.352 e. The van der Waals surface area contributed by atoms with Gasteiger partial charge in [-0.2, -0.15) is 0 Å². The first-order valence-corrected chi connectivity index (χ1v) is 6.33. The zero-order valence-electron chi connectivity index (χ0n) is 8.84. The van der Waals surface area contributed by atoms with E-state index in [2.05, 4.69) is 31.4 Å². The van der Waals surface area contributed by atoms with Gasteiger partial charge < -0.3 is 5.32 Å². The first kappa shape index (κ1) is 12.6. The van der Waals surface area contributed by atoms with Crippen molar-refractivity contribution in [2.24, 2.45) is 0 Å². The van der Waals surface area contributed by atoms with Crippen molar-refractivity contribution in [3.63, 3.8) is 0 Å². The third-order valence-electron chi connectivity index (χ3n) is 2.11. The molecule has 2 aromatic rings. The highest BCUT2D eigenvalue weighted by Crippen LogP contribution is 2.30. The minimum absolute atomic E-state index is 0.280. The Kier molecular flexibility index (Phi) is 3.86. The number of anilines is 2. The van der Waals surface area contributed by atoms with Gasteiger partial charge in [-0.15, -0.1) is 10.2 Å². The molecule has 17 heavy (non-hydrogen) atoms. The van der Waals surface area contributed by atoms with Crippen LogP contribution >= 0.6 is 39.1 Å². The quantitative estimate of drug-likeness (QED) is 0.873. The molecule has 0 aliphatic rings. The predicted octanol–water partition coefficient (Wildman–Crippen LogP) is 4.60. The van der Waals surface area contributed by atoms with Crippen molar-refractivity contribution >= 4 is 50.5 Å². The second-order valence-corrected chi connectivity index (χ2v) is 5.08. The van der Waals surface area contributed by atoms with E-state index >= 15 is 0 Å². The number of halogens is 3. The summed E-state index contributed by atoms with van der Waals surface area (Å²) >= 11 is 15.2. The molecule has 0 amide bonds. The molecule has 1 aromatic carbocycles. The minimum atomic E-state index is 0.280. The van der Waals surface area contributed by atoms with E-state index in [-0.39, 0.29) is 5.15 Å². The van der Waals surface area contributed by atoms with Gasteiger partial charge in [0.15, 0.2) is 10.3 Å². The van der Waals surface area contributed by atoms with Gasteiger partial charge in [-0.3, -0.25) is 0 Å². The SMILES string of the molecule is Cc1ccc(Br)c(Nc2cc(Cl)nnc2Cl)c1. The Morgan fingerprint density at radius 3 is 2.65 bits per heavy atom. The van der Waals surface area contributed by atoms with Crippen LogP contribution in [0.15, 0.2) is 28.7 Å². The molecule has 1 heterocycles. The monoisotopic (exact) mass is 331 g/mol. The number of aryl methyl sites for hydroxylation is 1. The molecule has 1 N–H and O–H groups in total. The van der Waals surface area contributed by atoms with Gasteiger partial charge in [-0.05, 0) is 40.5 Å². The van der Waals surface area contributed by atoms with Crippen molar-refractivity contribution in [1.29, 1.82) is 0 Å². The van der Waals surface area contributed by atoms with Crippen molar-refractivity contribution in [3.05, 3.63) is 44.6 Å². The summed E-state index contributed by atoms with van der Waals surface area (Å²) in [5.74, 6) is 0. The highest BCUT2D eigenvalue weighted by Gasteiger charge is 2.06. The van der Waals surface area contributed by atoms with Gasteiger partial charge in [0.2, 0.25) is 0 Å². The van der Waals surface area contributed by atoms with Gasteiger partial charge in [0.25, 0.3) is 0 Å². The smallest absolute Gasteiger partial charge is 0.175 e. The molecule has 3 nitrogen and oxygen atoms in total. The van der Waals surface area contributed by atoms with Crippen LogP contribution in [0, 0.1) is 6.92 Å². The van der Waals surface area contributed by atoms with Crippen molar-refractivity contribution in [2.45, 2.75) is 6.92 Å². The van der Waals surface area contributed by atoms with Crippen LogP contribution in [-0.2, 0) is 0 Å². The van der Waals surface area contributed by atoms with Crippen LogP contribution in [-0.4, -0.2) is 10.2 Å². The normalized spacial score (nSPS) is 10.4. The molecule has 0 aliphatic heterocycles. The molecule has 6 heteroatoms. The van der Waals surface area contributed by atoms with E-state index in [4.69, 9.17) is 23.2 Å². The Morgan fingerprint density at radius 2 is 1.88 bits per heavy atom. The molecule has 88 valence electrons. The molecule has 0 radical (unpaired) electrons. The summed E-state index contributed by atoms with van der Waals surface area (Å²) in [6.45, 7) is 2.01. The topological polar surface area (TPSA) is 37.8 Å². The average Bonchev–Trinajstić information content (AvgIpc) is 2.28. The third kappa shape index (κ3) is 3.09. The van der Waals surface area contributed by atoms with Crippen LogP contribution in [0.4, 0.5) is 11.4 Å². The molecule has 0 saturated carbocycles. The second-order valence-electron chi connectivity index (χ2n) is 3.48. The van der Waals surface area contributed by atoms with E-state index in [1.165, 1.54) is 0 Å². The fourth-order valence-electron chi connectivity index (χ4n) is 1.32. The lowest BCUT2D eigenvalue weighted by Gasteiger charge is -2.10. The van der Waals surface area contributed by atoms with E-state index in [0.717, 1.165) is 15.7 Å². The summed E-state index contributed by atoms with van der Waals surface area (Å²) < 4.78 is 0.937. The Morgan fingerprint density at radius 1 is 1.12 bits per heavy atom. The van der Waals surface area contributed by atoms with Gasteiger partial charge in [0.1, 0.15) is 0 Å². The molecule has 0 bridgehead atoms. The van der Waals surface area contributed by atoms with Crippen LogP contribution in [0.25, 0.3) is 0 Å². The third-order valence-corrected chi connectivity index (χ3v) is 3.27. The van der Waals surface area contributed by atoms with Crippen molar-refractivity contribution < 1.29 is 0 Å². The molecule has 0 fully saturated rings. The Labute approximate surface area is 117 Å². The number of nitrogens with zero attached hydrogens (tertiary/aromatic N) is 2. The second kappa shape index (κ2) is 5.21. The van der Waals surface area contributed by atoms with Crippen LogP contribution < -0.4 is 5.32 Å². The zero-order chi connectivity index (χ0) is 12.4. The van der Waals surface area contributed by atoms with E-state index in [1.54, 1.807) is 6.07 Å². The maximum atomic E-state index is 5.93. The average molecular weight is 333 g/mol. The number of aromatic nitrogens is 2. The molecule has 0 atom stereocenters. The highest BCUT2D eigenvalue weighted by molar-refractivity contribution is 9.10. The molecular weight excluding hydrogens is 325 g/mol. The molecule has 0 aliphatic carbocycles. The van der Waals surface area contributed by atoms with E-state index < -0.39 is 0 Å². The van der Waals surface area contributed by atoms with Gasteiger partial charge in [0.05, 0.1) is 11.4 Å². The number of hydrogen-bond donors (Lipinski definition) is 1. The maximum Gasteiger partial charge on any atom is 0.175 e. The number of hydrogen-bond acceptors (Lipinski definition) is 3. The van der Waals surface area contributed by atoms with Crippen LogP contribution in [0.1, 0.15) is 5.56 Å².